The van der Waals surface area contributed by atoms with Gasteiger partial charge in [-0.25, -0.2) is 0 Å². The molecule has 0 aromatic carbocycles. The number of piperidine rings is 1. The molecule has 0 aromatic rings. The maximum Gasteiger partial charge on any atom is 0.236 e. The van der Waals surface area contributed by atoms with Crippen molar-refractivity contribution >= 4 is 11.9 Å². The average molecular weight is 409 g/mol. The van der Waals surface area contributed by atoms with Crippen LogP contribution in [0.25, 0.3) is 0 Å². The molecule has 8 nitrogen and oxygen atoms in total. The maximum atomic E-state index is 12.5. The third-order valence-electron chi connectivity index (χ3n) is 6.23. The minimum Gasteiger partial charge on any atom is -0.379 e. The molecule has 166 valence electrons. The van der Waals surface area contributed by atoms with Gasteiger partial charge in [0.25, 0.3) is 0 Å². The lowest BCUT2D eigenvalue weighted by Crippen LogP contribution is -2.55. The number of aliphatic imine (C=N–C) groups is 1. The maximum absolute atomic E-state index is 12.5. The van der Waals surface area contributed by atoms with E-state index in [4.69, 9.17) is 4.74 Å². The molecule has 29 heavy (non-hydrogen) atoms. The first-order chi connectivity index (χ1) is 14.2. The first-order valence-corrected chi connectivity index (χ1v) is 11.4. The molecule has 3 fully saturated rings. The van der Waals surface area contributed by atoms with Crippen LogP contribution in [0.3, 0.4) is 0 Å². The first kappa shape index (κ1) is 22.3. The van der Waals surface area contributed by atoms with Crippen LogP contribution in [0.1, 0.15) is 26.2 Å². The van der Waals surface area contributed by atoms with E-state index in [9.17, 15) is 4.79 Å². The van der Waals surface area contributed by atoms with Gasteiger partial charge in [-0.15, -0.1) is 0 Å². The lowest BCUT2D eigenvalue weighted by atomic mass is 10.1. The summed E-state index contributed by atoms with van der Waals surface area (Å²) in [5.74, 6) is 1.85. The number of piperazine rings is 1. The molecule has 3 heterocycles. The second-order valence-corrected chi connectivity index (χ2v) is 8.65. The third kappa shape index (κ3) is 7.12. The van der Waals surface area contributed by atoms with E-state index in [1.165, 1.54) is 6.42 Å². The number of hydrogen-bond acceptors (Lipinski definition) is 5. The Morgan fingerprint density at radius 2 is 1.62 bits per heavy atom. The van der Waals surface area contributed by atoms with E-state index < -0.39 is 0 Å². The first-order valence-electron chi connectivity index (χ1n) is 11.4. The highest BCUT2D eigenvalue weighted by molar-refractivity contribution is 5.80. The fourth-order valence-corrected chi connectivity index (χ4v) is 4.44. The predicted molar refractivity (Wildman–Crippen MR) is 116 cm³/mol. The van der Waals surface area contributed by atoms with Crippen molar-refractivity contribution < 1.29 is 9.53 Å². The minimum absolute atomic E-state index is 0.303. The highest BCUT2D eigenvalue weighted by Crippen LogP contribution is 2.10. The number of morpholine rings is 1. The fraction of sp³-hybridized carbons (Fsp3) is 0.905. The van der Waals surface area contributed by atoms with Crippen LogP contribution in [0.5, 0.6) is 0 Å². The number of rotatable bonds is 6. The summed E-state index contributed by atoms with van der Waals surface area (Å²) < 4.78 is 5.43. The Bertz CT molecular complexity index is 523. The normalized spacial score (nSPS) is 23.9. The standard InChI is InChI=1S/C21H40N6O2/c1-19(17-25-12-14-29-15-13-25)16-23-21(22-2)27-10-8-24(9-11-27)18-20(28)26-6-4-3-5-7-26/h19H,3-18H2,1-2H3,(H,22,23). The van der Waals surface area contributed by atoms with Crippen LogP contribution in [-0.4, -0.2) is 124 Å². The molecular weight excluding hydrogens is 368 g/mol. The number of ether oxygens (including phenoxy) is 1. The molecule has 0 aromatic heterocycles. The minimum atomic E-state index is 0.303. The second-order valence-electron chi connectivity index (χ2n) is 8.65. The van der Waals surface area contributed by atoms with Crippen LogP contribution in [-0.2, 0) is 9.53 Å². The van der Waals surface area contributed by atoms with E-state index in [0.717, 1.165) is 97.5 Å². The van der Waals surface area contributed by atoms with Gasteiger partial charge in [0.15, 0.2) is 5.96 Å². The molecule has 3 saturated heterocycles. The zero-order valence-electron chi connectivity index (χ0n) is 18.4. The number of guanidine groups is 1. The van der Waals surface area contributed by atoms with Gasteiger partial charge in [-0.3, -0.25) is 19.6 Å². The molecule has 0 aliphatic carbocycles. The smallest absolute Gasteiger partial charge is 0.236 e. The van der Waals surface area contributed by atoms with Crippen molar-refractivity contribution in [2.75, 3.05) is 92.3 Å². The fourth-order valence-electron chi connectivity index (χ4n) is 4.44. The van der Waals surface area contributed by atoms with Crippen molar-refractivity contribution in [2.45, 2.75) is 26.2 Å². The van der Waals surface area contributed by atoms with Crippen LogP contribution in [0.4, 0.5) is 0 Å². The van der Waals surface area contributed by atoms with E-state index in [1.54, 1.807) is 0 Å². The Kier molecular flexibility index (Phi) is 9.01. The van der Waals surface area contributed by atoms with Gasteiger partial charge in [0.2, 0.25) is 5.91 Å². The van der Waals surface area contributed by atoms with Gasteiger partial charge >= 0.3 is 0 Å². The van der Waals surface area contributed by atoms with Gasteiger partial charge in [-0.05, 0) is 25.2 Å². The second kappa shape index (κ2) is 11.7. The molecule has 3 aliphatic heterocycles. The Labute approximate surface area is 176 Å². The molecule has 8 heteroatoms. The quantitative estimate of drug-likeness (QED) is 0.499. The molecule has 0 bridgehead atoms. The number of hydrogen-bond donors (Lipinski definition) is 1. The van der Waals surface area contributed by atoms with Crippen LogP contribution in [0.15, 0.2) is 4.99 Å². The molecular formula is C21H40N6O2. The molecule has 1 unspecified atom stereocenters. The molecule has 1 atom stereocenters. The van der Waals surface area contributed by atoms with Gasteiger partial charge < -0.3 is 19.9 Å². The van der Waals surface area contributed by atoms with Crippen molar-refractivity contribution in [1.82, 2.24) is 24.9 Å². The van der Waals surface area contributed by atoms with Crippen molar-refractivity contribution in [2.24, 2.45) is 10.9 Å². The lowest BCUT2D eigenvalue weighted by Gasteiger charge is -2.37. The number of carbonyl (C=O) groups is 1. The molecule has 3 rings (SSSR count). The SMILES string of the molecule is CN=C(NCC(C)CN1CCOCC1)N1CCN(CC(=O)N2CCCCC2)CC1. The Hall–Kier alpha value is -1.38. The van der Waals surface area contributed by atoms with Crippen molar-refractivity contribution in [3.05, 3.63) is 0 Å². The van der Waals surface area contributed by atoms with Gasteiger partial charge in [-0.2, -0.15) is 0 Å². The zero-order valence-corrected chi connectivity index (χ0v) is 18.4. The number of nitrogens with one attached hydrogen (secondary N) is 1. The Morgan fingerprint density at radius 3 is 2.28 bits per heavy atom. The van der Waals surface area contributed by atoms with E-state index >= 15 is 0 Å². The largest absolute Gasteiger partial charge is 0.379 e. The number of likely N-dealkylation sites (tertiary alicyclic amines) is 1. The van der Waals surface area contributed by atoms with E-state index in [-0.39, 0.29) is 0 Å². The van der Waals surface area contributed by atoms with Crippen LogP contribution >= 0.6 is 0 Å². The summed E-state index contributed by atoms with van der Waals surface area (Å²) in [5.41, 5.74) is 0. The summed E-state index contributed by atoms with van der Waals surface area (Å²) in [6, 6.07) is 0. The van der Waals surface area contributed by atoms with E-state index in [0.29, 0.717) is 18.4 Å². The van der Waals surface area contributed by atoms with Gasteiger partial charge in [-0.1, -0.05) is 6.92 Å². The Balaban J connectivity index is 1.35. The highest BCUT2D eigenvalue weighted by Gasteiger charge is 2.24. The van der Waals surface area contributed by atoms with Crippen molar-refractivity contribution in [1.29, 1.82) is 0 Å². The summed E-state index contributed by atoms with van der Waals surface area (Å²) in [6.07, 6.45) is 3.58. The highest BCUT2D eigenvalue weighted by atomic mass is 16.5. The number of carbonyl (C=O) groups excluding carboxylic acids is 1. The summed E-state index contributed by atoms with van der Waals surface area (Å²) >= 11 is 0. The molecule has 0 radical (unpaired) electrons. The third-order valence-corrected chi connectivity index (χ3v) is 6.23. The monoisotopic (exact) mass is 408 g/mol. The zero-order chi connectivity index (χ0) is 20.5. The van der Waals surface area contributed by atoms with Crippen LogP contribution in [0, 0.1) is 5.92 Å². The van der Waals surface area contributed by atoms with Crippen LogP contribution < -0.4 is 5.32 Å². The van der Waals surface area contributed by atoms with Gasteiger partial charge in [0.1, 0.15) is 0 Å². The molecule has 1 amide bonds. The van der Waals surface area contributed by atoms with Crippen molar-refractivity contribution in [3.63, 3.8) is 0 Å². The summed E-state index contributed by atoms with van der Waals surface area (Å²) in [4.78, 5) is 26.1. The molecule has 0 spiro atoms. The topological polar surface area (TPSA) is 63.7 Å². The number of amides is 1. The van der Waals surface area contributed by atoms with Gasteiger partial charge in [0.05, 0.1) is 19.8 Å². The predicted octanol–water partition coefficient (Wildman–Crippen LogP) is 0.160. The molecule has 0 saturated carbocycles. The van der Waals surface area contributed by atoms with Crippen molar-refractivity contribution in [3.8, 4) is 0 Å². The average Bonchev–Trinajstić information content (AvgIpc) is 2.76. The summed E-state index contributed by atoms with van der Waals surface area (Å²) in [7, 11) is 1.86. The lowest BCUT2D eigenvalue weighted by molar-refractivity contribution is -0.133. The van der Waals surface area contributed by atoms with Crippen LogP contribution in [0.2, 0.25) is 0 Å². The number of nitrogens with zero attached hydrogens (tertiary/aromatic N) is 5. The van der Waals surface area contributed by atoms with E-state index in [2.05, 4.69) is 31.9 Å². The molecule has 3 aliphatic rings. The Morgan fingerprint density at radius 1 is 0.931 bits per heavy atom. The van der Waals surface area contributed by atoms with Gasteiger partial charge in [0, 0.05) is 72.5 Å². The summed E-state index contributed by atoms with van der Waals surface area (Å²) in [6.45, 7) is 14.2. The summed E-state index contributed by atoms with van der Waals surface area (Å²) in [5, 5.41) is 3.56. The van der Waals surface area contributed by atoms with E-state index in [1.807, 2.05) is 11.9 Å². The molecule has 1 N–H and O–H groups in total.